The van der Waals surface area contributed by atoms with Gasteiger partial charge in [-0.05, 0) is 30.9 Å². The molecular weight excluding hydrogens is 212 g/mol. The van der Waals surface area contributed by atoms with E-state index in [2.05, 4.69) is 24.5 Å². The summed E-state index contributed by atoms with van der Waals surface area (Å²) in [4.78, 5) is 12.1. The van der Waals surface area contributed by atoms with Crippen LogP contribution in [0.25, 0.3) is 0 Å². The van der Waals surface area contributed by atoms with Crippen molar-refractivity contribution < 1.29 is 4.79 Å². The number of para-hydroxylation sites is 1. The van der Waals surface area contributed by atoms with Crippen LogP contribution in [0.2, 0.25) is 0 Å². The van der Waals surface area contributed by atoms with Crippen molar-refractivity contribution in [2.45, 2.75) is 33.2 Å². The molecule has 0 aromatic heterocycles. The lowest BCUT2D eigenvalue weighted by Gasteiger charge is -2.11. The molecule has 0 aliphatic heterocycles. The van der Waals surface area contributed by atoms with E-state index in [-0.39, 0.29) is 11.3 Å². The molecule has 3 nitrogen and oxygen atoms in total. The molecule has 1 aromatic carbocycles. The lowest BCUT2D eigenvalue weighted by atomic mass is 10.1. The van der Waals surface area contributed by atoms with Crippen molar-refractivity contribution in [3.05, 3.63) is 29.8 Å². The van der Waals surface area contributed by atoms with E-state index in [0.29, 0.717) is 6.04 Å². The number of hydrogen-bond donors (Lipinski definition) is 2. The molecule has 1 amide bonds. The molecule has 0 radical (unpaired) electrons. The number of amides is 1. The Morgan fingerprint density at radius 3 is 2.65 bits per heavy atom. The van der Waals surface area contributed by atoms with Crippen LogP contribution < -0.4 is 10.6 Å². The first-order chi connectivity index (χ1) is 8.04. The van der Waals surface area contributed by atoms with Crippen molar-refractivity contribution in [1.29, 1.82) is 0 Å². The van der Waals surface area contributed by atoms with E-state index in [0.717, 1.165) is 24.2 Å². The van der Waals surface area contributed by atoms with E-state index in [1.165, 1.54) is 0 Å². The topological polar surface area (TPSA) is 41.1 Å². The van der Waals surface area contributed by atoms with Gasteiger partial charge in [0.05, 0.1) is 5.56 Å². The number of carbonyl (C=O) groups is 1. The maximum Gasteiger partial charge on any atom is 0.253 e. The Labute approximate surface area is 103 Å². The van der Waals surface area contributed by atoms with Crippen LogP contribution in [0.1, 0.15) is 37.6 Å². The molecule has 17 heavy (non-hydrogen) atoms. The maximum absolute atomic E-state index is 12.1. The molecule has 1 aliphatic rings. The molecule has 1 saturated carbocycles. The summed E-state index contributed by atoms with van der Waals surface area (Å²) in [5.41, 5.74) is 1.91. The Morgan fingerprint density at radius 2 is 2.06 bits per heavy atom. The van der Waals surface area contributed by atoms with Crippen LogP contribution in [0.4, 0.5) is 5.69 Å². The summed E-state index contributed by atoms with van der Waals surface area (Å²) in [6, 6.07) is 7.97. The molecule has 0 spiro atoms. The standard InChI is InChI=1S/C14H20N2O/c1-4-15-11-8-6-5-7-10(11)13(17)16-12-9-14(12,2)3/h5-8,12,15H,4,9H2,1-3H3,(H,16,17). The molecule has 1 fully saturated rings. The number of carbonyl (C=O) groups excluding carboxylic acids is 1. The number of nitrogens with one attached hydrogen (secondary N) is 2. The number of rotatable bonds is 4. The van der Waals surface area contributed by atoms with E-state index < -0.39 is 0 Å². The van der Waals surface area contributed by atoms with Crippen molar-refractivity contribution in [2.75, 3.05) is 11.9 Å². The fourth-order valence-corrected chi connectivity index (χ4v) is 1.98. The van der Waals surface area contributed by atoms with Crippen LogP contribution in [0.15, 0.2) is 24.3 Å². The van der Waals surface area contributed by atoms with Crippen LogP contribution >= 0.6 is 0 Å². The lowest BCUT2D eigenvalue weighted by Crippen LogP contribution is -2.29. The second-order valence-electron chi connectivity index (χ2n) is 5.29. The minimum Gasteiger partial charge on any atom is -0.385 e. The molecule has 2 N–H and O–H groups in total. The average molecular weight is 232 g/mol. The van der Waals surface area contributed by atoms with Crippen LogP contribution in [0.3, 0.4) is 0 Å². The van der Waals surface area contributed by atoms with Gasteiger partial charge in [-0.1, -0.05) is 26.0 Å². The second kappa shape index (κ2) is 4.40. The minimum absolute atomic E-state index is 0.0251. The maximum atomic E-state index is 12.1. The molecule has 1 unspecified atom stereocenters. The smallest absolute Gasteiger partial charge is 0.253 e. The molecule has 1 aliphatic carbocycles. The van der Waals surface area contributed by atoms with Crippen LogP contribution in [-0.2, 0) is 0 Å². The van der Waals surface area contributed by atoms with Crippen molar-refractivity contribution >= 4 is 11.6 Å². The Kier molecular flexibility index (Phi) is 3.09. The lowest BCUT2D eigenvalue weighted by molar-refractivity contribution is 0.0947. The van der Waals surface area contributed by atoms with Gasteiger partial charge in [-0.2, -0.15) is 0 Å². The number of anilines is 1. The highest BCUT2D eigenvalue weighted by molar-refractivity contribution is 5.99. The SMILES string of the molecule is CCNc1ccccc1C(=O)NC1CC1(C)C. The fourth-order valence-electron chi connectivity index (χ4n) is 1.98. The molecule has 1 atom stereocenters. The van der Waals surface area contributed by atoms with E-state index >= 15 is 0 Å². The van der Waals surface area contributed by atoms with Gasteiger partial charge in [0.2, 0.25) is 0 Å². The van der Waals surface area contributed by atoms with E-state index in [1.54, 1.807) is 0 Å². The summed E-state index contributed by atoms with van der Waals surface area (Å²) in [6.45, 7) is 7.19. The summed E-state index contributed by atoms with van der Waals surface area (Å²) < 4.78 is 0. The zero-order chi connectivity index (χ0) is 12.5. The monoisotopic (exact) mass is 232 g/mol. The predicted octanol–water partition coefficient (Wildman–Crippen LogP) is 2.65. The van der Waals surface area contributed by atoms with Gasteiger partial charge in [0.1, 0.15) is 0 Å². The molecule has 0 saturated heterocycles. The number of benzene rings is 1. The Morgan fingerprint density at radius 1 is 1.41 bits per heavy atom. The van der Waals surface area contributed by atoms with Gasteiger partial charge in [-0.3, -0.25) is 4.79 Å². The Bertz CT molecular complexity index is 426. The highest BCUT2D eigenvalue weighted by Gasteiger charge is 2.46. The third-order valence-corrected chi connectivity index (χ3v) is 3.36. The molecule has 2 rings (SSSR count). The predicted molar refractivity (Wildman–Crippen MR) is 70.3 cm³/mol. The largest absolute Gasteiger partial charge is 0.385 e. The normalized spacial score (nSPS) is 20.8. The summed E-state index contributed by atoms with van der Waals surface area (Å²) in [7, 11) is 0. The van der Waals surface area contributed by atoms with Crippen molar-refractivity contribution in [3.63, 3.8) is 0 Å². The van der Waals surface area contributed by atoms with Crippen molar-refractivity contribution in [3.8, 4) is 0 Å². The first-order valence-corrected chi connectivity index (χ1v) is 6.18. The van der Waals surface area contributed by atoms with Gasteiger partial charge >= 0.3 is 0 Å². The third-order valence-electron chi connectivity index (χ3n) is 3.36. The van der Waals surface area contributed by atoms with Crippen LogP contribution in [0.5, 0.6) is 0 Å². The zero-order valence-electron chi connectivity index (χ0n) is 10.7. The first kappa shape index (κ1) is 12.0. The van der Waals surface area contributed by atoms with Crippen molar-refractivity contribution in [1.82, 2.24) is 5.32 Å². The third kappa shape index (κ3) is 2.60. The summed E-state index contributed by atoms with van der Waals surface area (Å²) in [6.07, 6.45) is 1.07. The quantitative estimate of drug-likeness (QED) is 0.838. The molecule has 1 aromatic rings. The fraction of sp³-hybridized carbons (Fsp3) is 0.500. The first-order valence-electron chi connectivity index (χ1n) is 6.18. The molecule has 0 bridgehead atoms. The molecule has 92 valence electrons. The Hall–Kier alpha value is -1.51. The average Bonchev–Trinajstić information content (AvgIpc) is 2.87. The summed E-state index contributed by atoms with van der Waals surface area (Å²) in [5, 5.41) is 6.29. The minimum atomic E-state index is 0.0251. The molecular formula is C14H20N2O. The van der Waals surface area contributed by atoms with E-state index in [4.69, 9.17) is 0 Å². The van der Waals surface area contributed by atoms with Gasteiger partial charge in [0.15, 0.2) is 0 Å². The summed E-state index contributed by atoms with van der Waals surface area (Å²) >= 11 is 0. The second-order valence-corrected chi connectivity index (χ2v) is 5.29. The van der Waals surface area contributed by atoms with Gasteiger partial charge in [0, 0.05) is 18.3 Å². The van der Waals surface area contributed by atoms with Crippen molar-refractivity contribution in [2.24, 2.45) is 5.41 Å². The highest BCUT2D eigenvalue weighted by Crippen LogP contribution is 2.44. The molecule has 3 heteroatoms. The van der Waals surface area contributed by atoms with Gasteiger partial charge in [-0.15, -0.1) is 0 Å². The van der Waals surface area contributed by atoms with Gasteiger partial charge < -0.3 is 10.6 Å². The number of hydrogen-bond acceptors (Lipinski definition) is 2. The summed E-state index contributed by atoms with van der Waals surface area (Å²) in [5.74, 6) is 0.0251. The van der Waals surface area contributed by atoms with Crippen LogP contribution in [-0.4, -0.2) is 18.5 Å². The van der Waals surface area contributed by atoms with Gasteiger partial charge in [-0.25, -0.2) is 0 Å². The Balaban J connectivity index is 2.08. The highest BCUT2D eigenvalue weighted by atomic mass is 16.1. The van der Waals surface area contributed by atoms with E-state index in [1.807, 2.05) is 31.2 Å². The van der Waals surface area contributed by atoms with Crippen LogP contribution in [0, 0.1) is 5.41 Å². The molecule has 0 heterocycles. The van der Waals surface area contributed by atoms with E-state index in [9.17, 15) is 4.79 Å². The van der Waals surface area contributed by atoms with Gasteiger partial charge in [0.25, 0.3) is 5.91 Å². The zero-order valence-corrected chi connectivity index (χ0v) is 10.7.